The van der Waals surface area contributed by atoms with E-state index in [9.17, 15) is 14.4 Å². The number of benzene rings is 1. The van der Waals surface area contributed by atoms with E-state index in [0.29, 0.717) is 22.5 Å². The first-order valence-electron chi connectivity index (χ1n) is 8.02. The first-order chi connectivity index (χ1) is 12.2. The zero-order valence-electron chi connectivity index (χ0n) is 15.0. The van der Waals surface area contributed by atoms with Gasteiger partial charge >= 0.3 is 5.97 Å². The van der Waals surface area contributed by atoms with Crippen LogP contribution in [0.3, 0.4) is 0 Å². The van der Waals surface area contributed by atoms with Crippen LogP contribution in [0.2, 0.25) is 0 Å². The van der Waals surface area contributed by atoms with Crippen molar-refractivity contribution in [3.8, 4) is 0 Å². The number of halogens is 1. The summed E-state index contributed by atoms with van der Waals surface area (Å²) in [6.07, 6.45) is -0.926. The Morgan fingerprint density at radius 2 is 1.81 bits per heavy atom. The highest BCUT2D eigenvalue weighted by atomic mass is 79.9. The molecule has 26 heavy (non-hydrogen) atoms. The number of aromatic nitrogens is 1. The van der Waals surface area contributed by atoms with Crippen molar-refractivity contribution >= 4 is 45.2 Å². The summed E-state index contributed by atoms with van der Waals surface area (Å²) in [6.45, 7) is 6.45. The van der Waals surface area contributed by atoms with Gasteiger partial charge in [-0.25, -0.2) is 0 Å². The summed E-state index contributed by atoms with van der Waals surface area (Å²) in [7, 11) is 0. The fourth-order valence-corrected chi connectivity index (χ4v) is 3.63. The lowest BCUT2D eigenvalue weighted by atomic mass is 10.0. The topological polar surface area (TPSA) is 76.2 Å². The summed E-state index contributed by atoms with van der Waals surface area (Å²) in [6, 6.07) is 7.57. The monoisotopic (exact) mass is 437 g/mol. The molecule has 7 heteroatoms. The predicted octanol–water partition coefficient (Wildman–Crippen LogP) is 4.50. The number of carbonyl (C=O) groups excluding carboxylic acids is 3. The number of hydrogen-bond acceptors (Lipinski definition) is 5. The molecule has 0 aliphatic heterocycles. The van der Waals surface area contributed by atoms with Crippen LogP contribution in [0.25, 0.3) is 0 Å². The third kappa shape index (κ3) is 4.86. The minimum atomic E-state index is -0.926. The molecule has 0 bridgehead atoms. The second kappa shape index (κ2) is 8.68. The molecule has 2 rings (SSSR count). The van der Waals surface area contributed by atoms with Crippen molar-refractivity contribution in [2.24, 2.45) is 0 Å². The number of H-pyrrole nitrogens is 1. The van der Waals surface area contributed by atoms with Crippen LogP contribution in [0.15, 0.2) is 33.6 Å². The van der Waals surface area contributed by atoms with Crippen molar-refractivity contribution in [3.63, 3.8) is 0 Å². The molecule has 0 saturated carbocycles. The summed E-state index contributed by atoms with van der Waals surface area (Å²) in [5.74, 6) is -0.807. The average molecular weight is 438 g/mol. The van der Waals surface area contributed by atoms with Gasteiger partial charge in [0.2, 0.25) is 5.78 Å². The van der Waals surface area contributed by atoms with Crippen LogP contribution in [0.1, 0.15) is 46.0 Å². The van der Waals surface area contributed by atoms with E-state index in [1.807, 2.05) is 24.3 Å². The lowest BCUT2D eigenvalue weighted by molar-refractivity contribution is -0.143. The van der Waals surface area contributed by atoms with Gasteiger partial charge in [-0.1, -0.05) is 15.9 Å². The van der Waals surface area contributed by atoms with Crippen LogP contribution in [0, 0.1) is 13.8 Å². The van der Waals surface area contributed by atoms with Crippen molar-refractivity contribution in [1.82, 2.24) is 4.98 Å². The Labute approximate surface area is 165 Å². The number of rotatable bonds is 7. The van der Waals surface area contributed by atoms with E-state index in [1.54, 1.807) is 13.8 Å². The van der Waals surface area contributed by atoms with E-state index in [-0.39, 0.29) is 17.3 Å². The molecule has 0 aliphatic carbocycles. The van der Waals surface area contributed by atoms with Crippen LogP contribution in [-0.4, -0.2) is 34.4 Å². The van der Waals surface area contributed by atoms with Crippen LogP contribution in [0.5, 0.6) is 0 Å². The Bertz CT molecular complexity index is 842. The van der Waals surface area contributed by atoms with E-state index in [1.165, 1.54) is 25.6 Å². The van der Waals surface area contributed by atoms with Gasteiger partial charge in [0, 0.05) is 20.6 Å². The number of ether oxygens (including phenoxy) is 1. The van der Waals surface area contributed by atoms with E-state index in [4.69, 9.17) is 4.74 Å². The lowest BCUT2D eigenvalue weighted by Gasteiger charge is -2.12. The molecule has 0 saturated heterocycles. The minimum Gasteiger partial charge on any atom is -0.454 e. The molecule has 1 aromatic heterocycles. The van der Waals surface area contributed by atoms with Crippen LogP contribution in [0.4, 0.5) is 0 Å². The lowest BCUT2D eigenvalue weighted by Crippen LogP contribution is -2.26. The number of thioether (sulfide) groups is 1. The Balaban J connectivity index is 1.98. The molecule has 1 N–H and O–H groups in total. The molecular weight excluding hydrogens is 418 g/mol. The van der Waals surface area contributed by atoms with Crippen LogP contribution in [-0.2, 0) is 9.53 Å². The zero-order valence-corrected chi connectivity index (χ0v) is 17.4. The normalized spacial score (nSPS) is 11.9. The van der Waals surface area contributed by atoms with Crippen molar-refractivity contribution in [3.05, 3.63) is 51.3 Å². The molecule has 0 aliphatic rings. The standard InChI is InChI=1S/C19H20BrNO4S/c1-10-17(12(3)22)11(2)21-18(10)19(24)13(4)25-16(23)9-26-15-7-5-14(20)6-8-15/h5-8,13,21H,9H2,1-4H3. The summed E-state index contributed by atoms with van der Waals surface area (Å²) in [4.78, 5) is 40.2. The van der Waals surface area contributed by atoms with E-state index < -0.39 is 12.1 Å². The van der Waals surface area contributed by atoms with Gasteiger partial charge in [0.05, 0.1) is 11.4 Å². The third-order valence-corrected chi connectivity index (χ3v) is 5.40. The number of ketones is 2. The maximum atomic E-state index is 12.6. The van der Waals surface area contributed by atoms with Crippen molar-refractivity contribution in [2.45, 2.75) is 38.7 Å². The Kier molecular flexibility index (Phi) is 6.83. The maximum Gasteiger partial charge on any atom is 0.316 e. The minimum absolute atomic E-state index is 0.106. The van der Waals surface area contributed by atoms with E-state index in [2.05, 4.69) is 20.9 Å². The highest BCUT2D eigenvalue weighted by molar-refractivity contribution is 9.10. The summed E-state index contributed by atoms with van der Waals surface area (Å²) in [5.41, 5.74) is 2.06. The average Bonchev–Trinajstić information content (AvgIpc) is 2.88. The molecule has 5 nitrogen and oxygen atoms in total. The van der Waals surface area contributed by atoms with Gasteiger partial charge in [0.25, 0.3) is 0 Å². The molecule has 1 atom stereocenters. The number of carbonyl (C=O) groups is 3. The van der Waals surface area contributed by atoms with Gasteiger partial charge in [0.1, 0.15) is 0 Å². The first-order valence-corrected chi connectivity index (χ1v) is 9.80. The third-order valence-electron chi connectivity index (χ3n) is 3.88. The summed E-state index contributed by atoms with van der Waals surface area (Å²) < 4.78 is 6.22. The van der Waals surface area contributed by atoms with E-state index >= 15 is 0 Å². The Morgan fingerprint density at radius 1 is 1.19 bits per heavy atom. The van der Waals surface area contributed by atoms with Crippen molar-refractivity contribution in [1.29, 1.82) is 0 Å². The molecule has 1 unspecified atom stereocenters. The highest BCUT2D eigenvalue weighted by Gasteiger charge is 2.25. The smallest absolute Gasteiger partial charge is 0.316 e. The zero-order chi connectivity index (χ0) is 19.4. The number of hydrogen-bond donors (Lipinski definition) is 1. The largest absolute Gasteiger partial charge is 0.454 e. The van der Waals surface area contributed by atoms with Crippen LogP contribution < -0.4 is 0 Å². The van der Waals surface area contributed by atoms with Crippen molar-refractivity contribution in [2.75, 3.05) is 5.75 Å². The highest BCUT2D eigenvalue weighted by Crippen LogP contribution is 2.22. The predicted molar refractivity (Wildman–Crippen MR) is 105 cm³/mol. The molecule has 0 fully saturated rings. The Hall–Kier alpha value is -1.86. The fourth-order valence-electron chi connectivity index (χ4n) is 2.69. The second-order valence-corrected chi connectivity index (χ2v) is 7.88. The number of nitrogens with one attached hydrogen (secondary N) is 1. The number of Topliss-reactive ketones (excluding diaryl/α,β-unsaturated/α-hetero) is 2. The molecular formula is C19H20BrNO4S. The molecule has 0 amide bonds. The number of esters is 1. The molecule has 0 spiro atoms. The molecule has 138 valence electrons. The summed E-state index contributed by atoms with van der Waals surface area (Å²) >= 11 is 4.70. The maximum absolute atomic E-state index is 12.6. The number of aryl methyl sites for hydroxylation is 1. The molecule has 2 aromatic rings. The molecule has 0 radical (unpaired) electrons. The quantitative estimate of drug-likeness (QED) is 0.391. The Morgan fingerprint density at radius 3 is 2.35 bits per heavy atom. The van der Waals surface area contributed by atoms with Gasteiger partial charge in [0.15, 0.2) is 11.9 Å². The van der Waals surface area contributed by atoms with Gasteiger partial charge in [-0.2, -0.15) is 0 Å². The fraction of sp³-hybridized carbons (Fsp3) is 0.316. The SMILES string of the molecule is CC(=O)c1c(C)[nH]c(C(=O)C(C)OC(=O)CSc2ccc(Br)cc2)c1C. The van der Waals surface area contributed by atoms with E-state index in [0.717, 1.165) is 9.37 Å². The molecule has 1 heterocycles. The van der Waals surface area contributed by atoms with Gasteiger partial charge in [-0.3, -0.25) is 14.4 Å². The van der Waals surface area contributed by atoms with Gasteiger partial charge in [-0.05, 0) is 57.5 Å². The van der Waals surface area contributed by atoms with Gasteiger partial charge in [-0.15, -0.1) is 11.8 Å². The first kappa shape index (κ1) is 20.5. The second-order valence-electron chi connectivity index (χ2n) is 5.92. The van der Waals surface area contributed by atoms with Crippen molar-refractivity contribution < 1.29 is 19.1 Å². The number of aromatic amines is 1. The summed E-state index contributed by atoms with van der Waals surface area (Å²) in [5, 5.41) is 0. The van der Waals surface area contributed by atoms with Crippen LogP contribution >= 0.6 is 27.7 Å². The van der Waals surface area contributed by atoms with Gasteiger partial charge < -0.3 is 9.72 Å². The molecule has 1 aromatic carbocycles.